The van der Waals surface area contributed by atoms with Gasteiger partial charge in [0, 0.05) is 0 Å². The maximum atomic E-state index is 10.9. The van der Waals surface area contributed by atoms with E-state index in [0.29, 0.717) is 36.4 Å². The quantitative estimate of drug-likeness (QED) is 0.576. The molecule has 20 heavy (non-hydrogen) atoms. The minimum Gasteiger partial charge on any atom is -0.464 e. The fourth-order valence-corrected chi connectivity index (χ4v) is 3.70. The summed E-state index contributed by atoms with van der Waals surface area (Å²) in [7, 11) is 0. The van der Waals surface area contributed by atoms with Crippen molar-refractivity contribution in [2.45, 2.75) is 77.3 Å². The Hall–Kier alpha value is -0.610. The van der Waals surface area contributed by atoms with Crippen molar-refractivity contribution in [3.05, 3.63) is 0 Å². The molecule has 4 heteroatoms. The van der Waals surface area contributed by atoms with Gasteiger partial charge in [0.25, 0.3) is 6.47 Å². The summed E-state index contributed by atoms with van der Waals surface area (Å²) in [5.41, 5.74) is 0. The van der Waals surface area contributed by atoms with Gasteiger partial charge >= 0.3 is 0 Å². The predicted octanol–water partition coefficient (Wildman–Crippen LogP) is 2.53. The van der Waals surface area contributed by atoms with Crippen LogP contribution in [0.1, 0.15) is 52.9 Å². The van der Waals surface area contributed by atoms with Gasteiger partial charge in [0.1, 0.15) is 6.10 Å². The average Bonchev–Trinajstić information content (AvgIpc) is 3.12. The number of aliphatic hydroxyl groups excluding tert-OH is 1. The molecule has 2 fully saturated rings. The van der Waals surface area contributed by atoms with E-state index in [9.17, 15) is 9.90 Å². The van der Waals surface area contributed by atoms with E-state index in [0.717, 1.165) is 32.1 Å². The highest BCUT2D eigenvalue weighted by Crippen LogP contribution is 2.39. The van der Waals surface area contributed by atoms with Crippen LogP contribution < -0.4 is 0 Å². The van der Waals surface area contributed by atoms with Crippen LogP contribution in [0.15, 0.2) is 0 Å². The number of ether oxygens (including phenoxy) is 2. The van der Waals surface area contributed by atoms with E-state index >= 15 is 0 Å². The first-order chi connectivity index (χ1) is 9.56. The number of aliphatic hydroxyl groups is 1. The lowest BCUT2D eigenvalue weighted by atomic mass is 9.73. The summed E-state index contributed by atoms with van der Waals surface area (Å²) in [5, 5.41) is 9.86. The molecule has 1 saturated carbocycles. The number of carbonyl (C=O) groups excluding carboxylic acids is 1. The molecule has 0 spiro atoms. The van der Waals surface area contributed by atoms with Gasteiger partial charge < -0.3 is 14.6 Å². The molecule has 0 aromatic rings. The molecule has 0 aromatic carbocycles. The van der Waals surface area contributed by atoms with Crippen LogP contribution in [0.3, 0.4) is 0 Å². The van der Waals surface area contributed by atoms with E-state index in [1.807, 2.05) is 0 Å². The Morgan fingerprint density at radius 3 is 2.60 bits per heavy atom. The summed E-state index contributed by atoms with van der Waals surface area (Å²) in [6.45, 7) is 6.92. The standard InChI is InChI=1S/C16H28O4/c1-4-12(8-15-11(3)20-15)16(19-9-17)13-5-6-14(18)10(2)7-13/h9-16,18H,4-8H2,1-3H3. The molecule has 1 aliphatic heterocycles. The van der Waals surface area contributed by atoms with Gasteiger partial charge in [0.15, 0.2) is 0 Å². The van der Waals surface area contributed by atoms with Gasteiger partial charge in [0.05, 0.1) is 18.3 Å². The predicted molar refractivity (Wildman–Crippen MR) is 76.2 cm³/mol. The molecule has 7 atom stereocenters. The number of epoxide rings is 1. The molecule has 2 rings (SSSR count). The molecule has 7 unspecified atom stereocenters. The molecule has 1 N–H and O–H groups in total. The second-order valence-electron chi connectivity index (χ2n) is 6.60. The molecular formula is C16H28O4. The Kier molecular flexibility index (Phi) is 5.44. The van der Waals surface area contributed by atoms with Crippen LogP contribution in [-0.4, -0.2) is 36.0 Å². The van der Waals surface area contributed by atoms with Crippen LogP contribution in [0.4, 0.5) is 0 Å². The fraction of sp³-hybridized carbons (Fsp3) is 0.938. The van der Waals surface area contributed by atoms with Gasteiger partial charge in [-0.3, -0.25) is 4.79 Å². The van der Waals surface area contributed by atoms with Crippen molar-refractivity contribution in [3.8, 4) is 0 Å². The highest BCUT2D eigenvalue weighted by molar-refractivity contribution is 5.37. The van der Waals surface area contributed by atoms with E-state index in [-0.39, 0.29) is 12.2 Å². The smallest absolute Gasteiger partial charge is 0.293 e. The van der Waals surface area contributed by atoms with Crippen molar-refractivity contribution in [3.63, 3.8) is 0 Å². The summed E-state index contributed by atoms with van der Waals surface area (Å²) in [4.78, 5) is 10.9. The second kappa shape index (κ2) is 6.90. The first-order valence-corrected chi connectivity index (χ1v) is 7.99. The van der Waals surface area contributed by atoms with Gasteiger partial charge in [-0.05, 0) is 56.8 Å². The molecule has 0 aromatic heterocycles. The van der Waals surface area contributed by atoms with Gasteiger partial charge in [-0.15, -0.1) is 0 Å². The third kappa shape index (κ3) is 3.73. The molecular weight excluding hydrogens is 256 g/mol. The topological polar surface area (TPSA) is 59.1 Å². The van der Waals surface area contributed by atoms with E-state index in [1.54, 1.807) is 0 Å². The number of hydrogen-bond donors (Lipinski definition) is 1. The average molecular weight is 284 g/mol. The first kappa shape index (κ1) is 15.8. The Balaban J connectivity index is 1.98. The van der Waals surface area contributed by atoms with Crippen LogP contribution in [0, 0.1) is 17.8 Å². The van der Waals surface area contributed by atoms with Crippen molar-refractivity contribution in [1.29, 1.82) is 0 Å². The SMILES string of the molecule is CCC(CC1OC1C)C(OC=O)C1CCC(O)C(C)C1. The molecule has 0 radical (unpaired) electrons. The highest BCUT2D eigenvalue weighted by atomic mass is 16.6. The van der Waals surface area contributed by atoms with Crippen molar-refractivity contribution >= 4 is 6.47 Å². The summed E-state index contributed by atoms with van der Waals surface area (Å²) >= 11 is 0. The molecule has 116 valence electrons. The lowest BCUT2D eigenvalue weighted by molar-refractivity contribution is -0.142. The van der Waals surface area contributed by atoms with Gasteiger partial charge in [-0.2, -0.15) is 0 Å². The lowest BCUT2D eigenvalue weighted by Gasteiger charge is -2.38. The molecule has 1 aliphatic carbocycles. The third-order valence-corrected chi connectivity index (χ3v) is 5.20. The van der Waals surface area contributed by atoms with Crippen LogP contribution in [0.25, 0.3) is 0 Å². The minimum atomic E-state index is -0.199. The van der Waals surface area contributed by atoms with Crippen LogP contribution in [-0.2, 0) is 14.3 Å². The molecule has 2 aliphatic rings. The van der Waals surface area contributed by atoms with E-state index < -0.39 is 0 Å². The summed E-state index contributed by atoms with van der Waals surface area (Å²) < 4.78 is 11.0. The Morgan fingerprint density at radius 1 is 1.40 bits per heavy atom. The van der Waals surface area contributed by atoms with Crippen molar-refractivity contribution in [2.24, 2.45) is 17.8 Å². The third-order valence-electron chi connectivity index (χ3n) is 5.20. The number of rotatable bonds is 7. The Labute approximate surface area is 121 Å². The number of carbonyl (C=O) groups is 1. The van der Waals surface area contributed by atoms with Crippen molar-refractivity contribution in [2.75, 3.05) is 0 Å². The van der Waals surface area contributed by atoms with Gasteiger partial charge in [-0.25, -0.2) is 0 Å². The second-order valence-corrected chi connectivity index (χ2v) is 6.60. The molecule has 1 heterocycles. The fourth-order valence-electron chi connectivity index (χ4n) is 3.70. The van der Waals surface area contributed by atoms with Gasteiger partial charge in [0.2, 0.25) is 0 Å². The maximum absolute atomic E-state index is 10.9. The van der Waals surface area contributed by atoms with Crippen LogP contribution in [0.5, 0.6) is 0 Å². The summed E-state index contributed by atoms with van der Waals surface area (Å²) in [6.07, 6.45) is 5.15. The lowest BCUT2D eigenvalue weighted by Crippen LogP contribution is -2.38. The van der Waals surface area contributed by atoms with E-state index in [2.05, 4.69) is 20.8 Å². The summed E-state index contributed by atoms with van der Waals surface area (Å²) in [6, 6.07) is 0. The molecule has 1 saturated heterocycles. The molecule has 4 nitrogen and oxygen atoms in total. The Morgan fingerprint density at radius 2 is 2.10 bits per heavy atom. The first-order valence-electron chi connectivity index (χ1n) is 7.99. The summed E-state index contributed by atoms with van der Waals surface area (Å²) in [5.74, 6) is 1.03. The van der Waals surface area contributed by atoms with Gasteiger partial charge in [-0.1, -0.05) is 13.8 Å². The van der Waals surface area contributed by atoms with Crippen LogP contribution in [0.2, 0.25) is 0 Å². The minimum absolute atomic E-state index is 0.0242. The van der Waals surface area contributed by atoms with E-state index in [1.165, 1.54) is 0 Å². The van der Waals surface area contributed by atoms with Crippen molar-refractivity contribution < 1.29 is 19.4 Å². The zero-order valence-electron chi connectivity index (χ0n) is 12.8. The molecule has 0 bridgehead atoms. The maximum Gasteiger partial charge on any atom is 0.293 e. The zero-order chi connectivity index (χ0) is 14.7. The van der Waals surface area contributed by atoms with E-state index in [4.69, 9.17) is 9.47 Å². The zero-order valence-corrected chi connectivity index (χ0v) is 12.8. The largest absolute Gasteiger partial charge is 0.464 e. The monoisotopic (exact) mass is 284 g/mol. The molecule has 0 amide bonds. The van der Waals surface area contributed by atoms with Crippen LogP contribution >= 0.6 is 0 Å². The number of hydrogen-bond acceptors (Lipinski definition) is 4. The highest BCUT2D eigenvalue weighted by Gasteiger charge is 2.41. The Bertz CT molecular complexity index is 316. The van der Waals surface area contributed by atoms with Crippen molar-refractivity contribution in [1.82, 2.24) is 0 Å². The normalized spacial score (nSPS) is 39.9.